The number of aliphatic hydroxyl groups excluding tert-OH is 1. The smallest absolute Gasteiger partial charge is 0.414 e. The fourth-order valence-corrected chi connectivity index (χ4v) is 1.50. The number of anilines is 1. The Hall–Kier alpha value is -1.59. The van der Waals surface area contributed by atoms with Gasteiger partial charge in [-0.25, -0.2) is 4.79 Å². The van der Waals surface area contributed by atoms with Crippen molar-refractivity contribution in [1.82, 2.24) is 0 Å². The molecule has 0 fully saturated rings. The Morgan fingerprint density at radius 2 is 1.95 bits per heavy atom. The van der Waals surface area contributed by atoms with Crippen molar-refractivity contribution in [2.45, 2.75) is 32.5 Å². The molecule has 5 nitrogen and oxygen atoms in total. The summed E-state index contributed by atoms with van der Waals surface area (Å²) in [4.78, 5) is 13.6. The fraction of sp³-hybridized carbons (Fsp3) is 0.500. The Balaban J connectivity index is 2.90. The summed E-state index contributed by atoms with van der Waals surface area (Å²) in [5, 5.41) is 9.66. The second kappa shape index (κ2) is 6.54. The van der Waals surface area contributed by atoms with Crippen molar-refractivity contribution in [3.63, 3.8) is 0 Å². The van der Waals surface area contributed by atoms with E-state index < -0.39 is 17.8 Å². The van der Waals surface area contributed by atoms with Crippen molar-refractivity contribution in [3.8, 4) is 0 Å². The van der Waals surface area contributed by atoms with Crippen molar-refractivity contribution in [2.75, 3.05) is 18.0 Å². The third-order valence-electron chi connectivity index (χ3n) is 2.35. The average molecular weight is 266 g/mol. The summed E-state index contributed by atoms with van der Waals surface area (Å²) in [7, 11) is 0. The number of ether oxygens (including phenoxy) is 1. The zero-order valence-electron chi connectivity index (χ0n) is 11.7. The molecule has 0 spiro atoms. The van der Waals surface area contributed by atoms with Crippen molar-refractivity contribution in [2.24, 2.45) is 5.73 Å². The Bertz CT molecular complexity index is 401. The number of carbonyl (C=O) groups excluding carboxylic acids is 1. The molecule has 0 aliphatic heterocycles. The molecule has 0 saturated heterocycles. The summed E-state index contributed by atoms with van der Waals surface area (Å²) in [6.45, 7) is 5.59. The second-order valence-electron chi connectivity index (χ2n) is 5.32. The molecule has 19 heavy (non-hydrogen) atoms. The highest BCUT2D eigenvalue weighted by Crippen LogP contribution is 2.18. The molecule has 0 saturated carbocycles. The molecule has 3 N–H and O–H groups in total. The zero-order valence-corrected chi connectivity index (χ0v) is 11.7. The Labute approximate surface area is 114 Å². The van der Waals surface area contributed by atoms with E-state index in [1.54, 1.807) is 32.9 Å². The van der Waals surface area contributed by atoms with Gasteiger partial charge in [-0.15, -0.1) is 0 Å². The second-order valence-corrected chi connectivity index (χ2v) is 5.32. The number of aliphatic hydroxyl groups is 1. The van der Waals surface area contributed by atoms with Gasteiger partial charge in [-0.3, -0.25) is 4.90 Å². The van der Waals surface area contributed by atoms with Crippen LogP contribution in [-0.2, 0) is 4.74 Å². The van der Waals surface area contributed by atoms with Gasteiger partial charge in [0.15, 0.2) is 0 Å². The van der Waals surface area contributed by atoms with E-state index in [1.165, 1.54) is 4.90 Å². The molecule has 1 amide bonds. The molecule has 1 aromatic rings. The molecule has 1 atom stereocenters. The van der Waals surface area contributed by atoms with Crippen LogP contribution >= 0.6 is 0 Å². The van der Waals surface area contributed by atoms with Gasteiger partial charge in [0.1, 0.15) is 5.60 Å². The number of benzene rings is 1. The van der Waals surface area contributed by atoms with Crippen molar-refractivity contribution >= 4 is 11.8 Å². The van der Waals surface area contributed by atoms with E-state index in [1.807, 2.05) is 18.2 Å². The monoisotopic (exact) mass is 266 g/mol. The minimum atomic E-state index is -0.785. The fourth-order valence-electron chi connectivity index (χ4n) is 1.50. The summed E-state index contributed by atoms with van der Waals surface area (Å²) in [5.41, 5.74) is 5.48. The predicted octanol–water partition coefficient (Wildman–Crippen LogP) is 1.75. The molecule has 0 aliphatic carbocycles. The molecule has 0 aromatic heterocycles. The molecule has 1 unspecified atom stereocenters. The third kappa shape index (κ3) is 5.28. The number of para-hydroxylation sites is 1. The van der Waals surface area contributed by atoms with Gasteiger partial charge in [-0.1, -0.05) is 18.2 Å². The molecule has 0 radical (unpaired) electrons. The van der Waals surface area contributed by atoms with Crippen LogP contribution in [0.1, 0.15) is 20.8 Å². The first-order valence-electron chi connectivity index (χ1n) is 6.27. The Morgan fingerprint density at radius 1 is 1.37 bits per heavy atom. The first kappa shape index (κ1) is 15.5. The number of nitrogens with zero attached hydrogens (tertiary/aromatic N) is 1. The molecule has 0 aliphatic rings. The SMILES string of the molecule is CC(C)(C)OC(=O)N(CC(O)CN)c1ccccc1. The van der Waals surface area contributed by atoms with Gasteiger partial charge in [0.25, 0.3) is 0 Å². The molecule has 0 bridgehead atoms. The highest BCUT2D eigenvalue weighted by atomic mass is 16.6. The molecular weight excluding hydrogens is 244 g/mol. The van der Waals surface area contributed by atoms with Crippen LogP contribution in [0.3, 0.4) is 0 Å². The van der Waals surface area contributed by atoms with Gasteiger partial charge in [0.2, 0.25) is 0 Å². The van der Waals surface area contributed by atoms with E-state index in [4.69, 9.17) is 10.5 Å². The van der Waals surface area contributed by atoms with Gasteiger partial charge in [0, 0.05) is 12.2 Å². The summed E-state index contributed by atoms with van der Waals surface area (Å²) in [6, 6.07) is 9.07. The summed E-state index contributed by atoms with van der Waals surface area (Å²) < 4.78 is 5.33. The minimum Gasteiger partial charge on any atom is -0.443 e. The molecular formula is C14H22N2O3. The number of hydrogen-bond acceptors (Lipinski definition) is 4. The van der Waals surface area contributed by atoms with Crippen LogP contribution in [0.25, 0.3) is 0 Å². The van der Waals surface area contributed by atoms with E-state index in [0.29, 0.717) is 5.69 Å². The maximum Gasteiger partial charge on any atom is 0.414 e. The van der Waals surface area contributed by atoms with Crippen LogP contribution in [0.2, 0.25) is 0 Å². The third-order valence-corrected chi connectivity index (χ3v) is 2.35. The van der Waals surface area contributed by atoms with Crippen LogP contribution < -0.4 is 10.6 Å². The topological polar surface area (TPSA) is 75.8 Å². The molecule has 5 heteroatoms. The molecule has 1 aromatic carbocycles. The average Bonchev–Trinajstić information content (AvgIpc) is 2.34. The first-order chi connectivity index (χ1) is 8.83. The molecule has 1 rings (SSSR count). The van der Waals surface area contributed by atoms with E-state index in [-0.39, 0.29) is 13.1 Å². The lowest BCUT2D eigenvalue weighted by Crippen LogP contribution is -2.43. The first-order valence-corrected chi connectivity index (χ1v) is 6.27. The van der Waals surface area contributed by atoms with Crippen molar-refractivity contribution in [1.29, 1.82) is 0 Å². The highest BCUT2D eigenvalue weighted by molar-refractivity contribution is 5.87. The maximum atomic E-state index is 12.2. The lowest BCUT2D eigenvalue weighted by molar-refractivity contribution is 0.0558. The summed E-state index contributed by atoms with van der Waals surface area (Å²) >= 11 is 0. The van der Waals surface area contributed by atoms with Crippen LogP contribution in [0.5, 0.6) is 0 Å². The predicted molar refractivity (Wildman–Crippen MR) is 75.1 cm³/mol. The lowest BCUT2D eigenvalue weighted by Gasteiger charge is -2.28. The number of amides is 1. The standard InChI is InChI=1S/C14H22N2O3/c1-14(2,3)19-13(18)16(10-12(17)9-15)11-7-5-4-6-8-11/h4-8,12,17H,9-10,15H2,1-3H3. The van der Waals surface area contributed by atoms with Gasteiger partial charge in [0.05, 0.1) is 12.6 Å². The molecule has 106 valence electrons. The number of carbonyl (C=O) groups is 1. The van der Waals surface area contributed by atoms with Crippen molar-refractivity contribution in [3.05, 3.63) is 30.3 Å². The normalized spacial score (nSPS) is 12.9. The van der Waals surface area contributed by atoms with Gasteiger partial charge >= 0.3 is 6.09 Å². The Kier molecular flexibility index (Phi) is 5.32. The van der Waals surface area contributed by atoms with Crippen LogP contribution in [-0.4, -0.2) is 36.0 Å². The zero-order chi connectivity index (χ0) is 14.5. The number of hydrogen-bond donors (Lipinski definition) is 2. The molecule has 0 heterocycles. The highest BCUT2D eigenvalue weighted by Gasteiger charge is 2.24. The quantitative estimate of drug-likeness (QED) is 0.870. The summed E-state index contributed by atoms with van der Waals surface area (Å²) in [6.07, 6.45) is -1.28. The van der Waals surface area contributed by atoms with Gasteiger partial charge in [-0.2, -0.15) is 0 Å². The largest absolute Gasteiger partial charge is 0.443 e. The van der Waals surface area contributed by atoms with Crippen LogP contribution in [0, 0.1) is 0 Å². The van der Waals surface area contributed by atoms with Crippen LogP contribution in [0.15, 0.2) is 30.3 Å². The van der Waals surface area contributed by atoms with Crippen molar-refractivity contribution < 1.29 is 14.6 Å². The Morgan fingerprint density at radius 3 is 2.42 bits per heavy atom. The summed E-state index contributed by atoms with van der Waals surface area (Å²) in [5.74, 6) is 0. The number of rotatable bonds is 4. The van der Waals surface area contributed by atoms with Gasteiger partial charge < -0.3 is 15.6 Å². The van der Waals surface area contributed by atoms with E-state index in [9.17, 15) is 9.90 Å². The minimum absolute atomic E-state index is 0.0894. The number of nitrogens with two attached hydrogens (primary N) is 1. The maximum absolute atomic E-state index is 12.2. The van der Waals surface area contributed by atoms with E-state index in [0.717, 1.165) is 0 Å². The van der Waals surface area contributed by atoms with E-state index >= 15 is 0 Å². The van der Waals surface area contributed by atoms with Crippen LogP contribution in [0.4, 0.5) is 10.5 Å². The lowest BCUT2D eigenvalue weighted by atomic mass is 10.2. The van der Waals surface area contributed by atoms with Gasteiger partial charge in [-0.05, 0) is 32.9 Å². The van der Waals surface area contributed by atoms with E-state index in [2.05, 4.69) is 0 Å².